The molecule has 6 heteroatoms. The Balaban J connectivity index is 1.57. The highest BCUT2D eigenvalue weighted by Crippen LogP contribution is 2.27. The van der Waals surface area contributed by atoms with Crippen LogP contribution in [0.5, 0.6) is 0 Å². The summed E-state index contributed by atoms with van der Waals surface area (Å²) in [5, 5.41) is 0.608. The maximum atomic E-state index is 13.5. The second-order valence-corrected chi connectivity index (χ2v) is 9.25. The average molecular weight is 444 g/mol. The minimum Gasteiger partial charge on any atom is -0.308 e. The van der Waals surface area contributed by atoms with E-state index in [1.54, 1.807) is 10.9 Å². The molecule has 1 aliphatic carbocycles. The number of hydrogen-bond donors (Lipinski definition) is 0. The third-order valence-electron chi connectivity index (χ3n) is 6.86. The van der Waals surface area contributed by atoms with Gasteiger partial charge in [-0.25, -0.2) is 15.0 Å². The Labute approximate surface area is 194 Å². The summed E-state index contributed by atoms with van der Waals surface area (Å²) in [5.74, 6) is 0. The molecule has 33 heavy (non-hydrogen) atoms. The molecular weight excluding hydrogens is 410 g/mol. The van der Waals surface area contributed by atoms with E-state index in [9.17, 15) is 4.79 Å². The molecule has 0 fully saturated rings. The summed E-state index contributed by atoms with van der Waals surface area (Å²) >= 11 is 0. The number of allylic oxidation sites excluding steroid dienone is 2. The smallest absolute Gasteiger partial charge is 0.265 e. The molecule has 0 amide bonds. The van der Waals surface area contributed by atoms with Crippen LogP contribution in [0, 0.1) is 0 Å². The molecule has 0 N–H and O–H groups in total. The van der Waals surface area contributed by atoms with Gasteiger partial charge in [-0.15, -0.1) is 0 Å². The monoisotopic (exact) mass is 443 g/mol. The lowest BCUT2D eigenvalue weighted by Crippen LogP contribution is -2.21. The van der Waals surface area contributed by atoms with Gasteiger partial charge in [-0.3, -0.25) is 9.36 Å². The molecule has 0 radical (unpaired) electrons. The molecule has 4 aromatic rings. The fourth-order valence-electron chi connectivity index (χ4n) is 4.98. The first kappa shape index (κ1) is 21.8. The van der Waals surface area contributed by atoms with Gasteiger partial charge in [0.15, 0.2) is 11.3 Å². The molecule has 3 aromatic heterocycles. The normalized spacial score (nSPS) is 14.4. The number of rotatable bonds is 9. The molecule has 0 saturated heterocycles. The highest BCUT2D eigenvalue weighted by molar-refractivity contribution is 6.04. The van der Waals surface area contributed by atoms with Crippen LogP contribution in [0.4, 0.5) is 0 Å². The Morgan fingerprint density at radius 3 is 2.55 bits per heavy atom. The quantitative estimate of drug-likeness (QED) is 0.230. The van der Waals surface area contributed by atoms with Crippen molar-refractivity contribution >= 4 is 33.2 Å². The van der Waals surface area contributed by atoms with E-state index >= 15 is 0 Å². The summed E-state index contributed by atoms with van der Waals surface area (Å²) in [6.45, 7) is 3.69. The van der Waals surface area contributed by atoms with Gasteiger partial charge in [-0.05, 0) is 50.7 Å². The van der Waals surface area contributed by atoms with Crippen LogP contribution < -0.4 is 5.56 Å². The second-order valence-electron chi connectivity index (χ2n) is 9.25. The third kappa shape index (κ3) is 4.43. The van der Waals surface area contributed by atoms with Crippen LogP contribution in [-0.4, -0.2) is 24.1 Å². The third-order valence-corrected chi connectivity index (χ3v) is 6.86. The number of benzene rings is 1. The van der Waals surface area contributed by atoms with E-state index in [1.807, 2.05) is 24.3 Å². The first-order chi connectivity index (χ1) is 16.3. The average Bonchev–Trinajstić information content (AvgIpc) is 3.16. The number of para-hydroxylation sites is 2. The van der Waals surface area contributed by atoms with Crippen molar-refractivity contribution in [3.05, 3.63) is 52.6 Å². The Morgan fingerprint density at radius 2 is 1.76 bits per heavy atom. The lowest BCUT2D eigenvalue weighted by Gasteiger charge is -2.13. The number of hydrogen-bond acceptors (Lipinski definition) is 4. The van der Waals surface area contributed by atoms with Gasteiger partial charge in [-0.2, -0.15) is 0 Å². The molecule has 5 rings (SSSR count). The highest BCUT2D eigenvalue weighted by atomic mass is 16.1. The first-order valence-electron chi connectivity index (χ1n) is 12.6. The van der Waals surface area contributed by atoms with Crippen LogP contribution in [0.15, 0.2) is 47.0 Å². The second kappa shape index (κ2) is 9.86. The maximum Gasteiger partial charge on any atom is 0.265 e. The fourth-order valence-corrected chi connectivity index (χ4v) is 4.98. The largest absolute Gasteiger partial charge is 0.308 e. The SMILES string of the molecule is CCCCCCCn1cnc2c(c1=O)c1nc3ccccc3nc1n2CCC1=CCCCC1. The van der Waals surface area contributed by atoms with E-state index in [0.717, 1.165) is 42.5 Å². The molecule has 0 bridgehead atoms. The number of unbranched alkanes of at least 4 members (excludes halogenated alkanes) is 4. The summed E-state index contributed by atoms with van der Waals surface area (Å²) in [6, 6.07) is 7.88. The fraction of sp³-hybridized carbons (Fsp3) is 0.481. The number of fused-ring (bicyclic) bond motifs is 4. The van der Waals surface area contributed by atoms with Crippen molar-refractivity contribution in [2.75, 3.05) is 0 Å². The minimum atomic E-state index is 0.000652. The van der Waals surface area contributed by atoms with Crippen LogP contribution in [0.25, 0.3) is 33.2 Å². The molecule has 3 heterocycles. The molecular formula is C27H33N5O. The van der Waals surface area contributed by atoms with E-state index in [1.165, 1.54) is 50.5 Å². The van der Waals surface area contributed by atoms with Crippen molar-refractivity contribution in [3.63, 3.8) is 0 Å². The van der Waals surface area contributed by atoms with E-state index in [2.05, 4.69) is 17.6 Å². The van der Waals surface area contributed by atoms with E-state index in [-0.39, 0.29) is 5.56 Å². The minimum absolute atomic E-state index is 0.000652. The van der Waals surface area contributed by atoms with Crippen molar-refractivity contribution in [1.29, 1.82) is 0 Å². The summed E-state index contributed by atoms with van der Waals surface area (Å²) in [6.07, 6.45) is 15.8. The number of aromatic nitrogens is 5. The van der Waals surface area contributed by atoms with Crippen LogP contribution in [-0.2, 0) is 13.1 Å². The van der Waals surface area contributed by atoms with E-state index in [0.29, 0.717) is 23.1 Å². The summed E-state index contributed by atoms with van der Waals surface area (Å²) < 4.78 is 3.88. The summed E-state index contributed by atoms with van der Waals surface area (Å²) in [4.78, 5) is 28.2. The molecule has 0 unspecified atom stereocenters. The van der Waals surface area contributed by atoms with Gasteiger partial charge in [0.2, 0.25) is 0 Å². The van der Waals surface area contributed by atoms with Crippen molar-refractivity contribution in [2.45, 2.75) is 84.2 Å². The molecule has 0 aliphatic heterocycles. The maximum absolute atomic E-state index is 13.5. The van der Waals surface area contributed by atoms with Gasteiger partial charge in [0.1, 0.15) is 10.9 Å². The zero-order chi connectivity index (χ0) is 22.6. The molecule has 1 aromatic carbocycles. The van der Waals surface area contributed by atoms with Crippen molar-refractivity contribution in [2.24, 2.45) is 0 Å². The number of aryl methyl sites for hydroxylation is 2. The van der Waals surface area contributed by atoms with E-state index < -0.39 is 0 Å². The first-order valence-corrected chi connectivity index (χ1v) is 12.6. The Morgan fingerprint density at radius 1 is 0.939 bits per heavy atom. The topological polar surface area (TPSA) is 65.6 Å². The predicted octanol–water partition coefficient (Wildman–Crippen LogP) is 6.16. The van der Waals surface area contributed by atoms with Crippen molar-refractivity contribution in [1.82, 2.24) is 24.1 Å². The standard InChI is InChI=1S/C27H33N5O/c1-2-3-4-5-11-17-31-19-28-25-23(27(31)33)24-26(30-22-15-10-9-14-21(22)29-24)32(25)18-16-20-12-7-6-8-13-20/h9-10,12,14-15,19H,2-8,11,13,16-18H2,1H3. The van der Waals surface area contributed by atoms with Gasteiger partial charge < -0.3 is 4.57 Å². The lowest BCUT2D eigenvalue weighted by atomic mass is 9.97. The zero-order valence-electron chi connectivity index (χ0n) is 19.6. The summed E-state index contributed by atoms with van der Waals surface area (Å²) in [7, 11) is 0. The number of nitrogens with zero attached hydrogens (tertiary/aromatic N) is 5. The van der Waals surface area contributed by atoms with Crippen LogP contribution in [0.1, 0.15) is 71.1 Å². The lowest BCUT2D eigenvalue weighted by molar-refractivity contribution is 0.555. The van der Waals surface area contributed by atoms with Crippen molar-refractivity contribution in [3.8, 4) is 0 Å². The Hall–Kier alpha value is -3.02. The molecule has 6 nitrogen and oxygen atoms in total. The highest BCUT2D eigenvalue weighted by Gasteiger charge is 2.20. The van der Waals surface area contributed by atoms with Crippen LogP contribution >= 0.6 is 0 Å². The van der Waals surface area contributed by atoms with Gasteiger partial charge in [0.05, 0.1) is 17.4 Å². The Bertz CT molecular complexity index is 1360. The molecule has 0 saturated carbocycles. The van der Waals surface area contributed by atoms with Gasteiger partial charge >= 0.3 is 0 Å². The van der Waals surface area contributed by atoms with Gasteiger partial charge in [0, 0.05) is 13.1 Å². The zero-order valence-corrected chi connectivity index (χ0v) is 19.6. The van der Waals surface area contributed by atoms with Crippen LogP contribution in [0.2, 0.25) is 0 Å². The van der Waals surface area contributed by atoms with Crippen LogP contribution in [0.3, 0.4) is 0 Å². The Kier molecular flexibility index (Phi) is 6.51. The van der Waals surface area contributed by atoms with Crippen molar-refractivity contribution < 1.29 is 0 Å². The molecule has 172 valence electrons. The molecule has 0 spiro atoms. The molecule has 0 atom stereocenters. The predicted molar refractivity (Wildman–Crippen MR) is 135 cm³/mol. The molecule has 1 aliphatic rings. The van der Waals surface area contributed by atoms with Gasteiger partial charge in [0.25, 0.3) is 5.56 Å². The summed E-state index contributed by atoms with van der Waals surface area (Å²) in [5.41, 5.74) is 5.33. The van der Waals surface area contributed by atoms with Gasteiger partial charge in [-0.1, -0.05) is 56.4 Å². The van der Waals surface area contributed by atoms with E-state index in [4.69, 9.17) is 15.0 Å².